The summed E-state index contributed by atoms with van der Waals surface area (Å²) in [7, 11) is 1.60. The molecule has 0 radical (unpaired) electrons. The molecule has 0 saturated carbocycles. The van der Waals surface area contributed by atoms with Crippen molar-refractivity contribution in [1.29, 1.82) is 0 Å². The summed E-state index contributed by atoms with van der Waals surface area (Å²) in [6, 6.07) is 11.5. The lowest BCUT2D eigenvalue weighted by molar-refractivity contribution is 0.0963. The van der Waals surface area contributed by atoms with Gasteiger partial charge in [-0.1, -0.05) is 6.58 Å². The van der Waals surface area contributed by atoms with E-state index in [2.05, 4.69) is 27.3 Å². The molecule has 2 N–H and O–H groups in total. The monoisotopic (exact) mass is 401 g/mol. The molecule has 6 nitrogen and oxygen atoms in total. The topological polar surface area (TPSA) is 71.8 Å². The standard InChI is InChI=1S/C23H20FN5O/c1-14-10-16(23(30)25-3)4-9-21(14)28-15(2)19-11-26-13-22-20(19)12-27-29(22)18-7-5-17(24)6-8-18/h4-13,28H,2H2,1,3H3,(H,25,30). The predicted octanol–water partition coefficient (Wildman–Crippen LogP) is 4.31. The zero-order valence-corrected chi connectivity index (χ0v) is 16.6. The predicted molar refractivity (Wildman–Crippen MR) is 116 cm³/mol. The van der Waals surface area contributed by atoms with Crippen molar-refractivity contribution < 1.29 is 9.18 Å². The first-order valence-corrected chi connectivity index (χ1v) is 9.34. The number of fused-ring (bicyclic) bond motifs is 1. The highest BCUT2D eigenvalue weighted by atomic mass is 19.1. The minimum Gasteiger partial charge on any atom is -0.355 e. The Hall–Kier alpha value is -4.00. The van der Waals surface area contributed by atoms with Crippen molar-refractivity contribution in [2.75, 3.05) is 12.4 Å². The molecule has 30 heavy (non-hydrogen) atoms. The molecule has 150 valence electrons. The van der Waals surface area contributed by atoms with Gasteiger partial charge >= 0.3 is 0 Å². The van der Waals surface area contributed by atoms with E-state index in [1.54, 1.807) is 48.5 Å². The average molecular weight is 401 g/mol. The Labute approximate surface area is 173 Å². The Morgan fingerprint density at radius 1 is 1.10 bits per heavy atom. The number of halogens is 1. The van der Waals surface area contributed by atoms with Crippen LogP contribution < -0.4 is 10.6 Å². The molecule has 7 heteroatoms. The van der Waals surface area contributed by atoms with E-state index in [9.17, 15) is 9.18 Å². The summed E-state index contributed by atoms with van der Waals surface area (Å²) < 4.78 is 15.0. The van der Waals surface area contributed by atoms with Gasteiger partial charge in [-0.05, 0) is 55.0 Å². The number of pyridine rings is 1. The maximum Gasteiger partial charge on any atom is 0.251 e. The van der Waals surface area contributed by atoms with E-state index in [0.29, 0.717) is 11.3 Å². The first-order valence-electron chi connectivity index (χ1n) is 9.34. The van der Waals surface area contributed by atoms with Crippen LogP contribution >= 0.6 is 0 Å². The van der Waals surface area contributed by atoms with Crippen LogP contribution in [0.1, 0.15) is 21.5 Å². The van der Waals surface area contributed by atoms with Gasteiger partial charge in [0.1, 0.15) is 5.82 Å². The van der Waals surface area contributed by atoms with E-state index in [1.165, 1.54) is 12.1 Å². The molecule has 4 aromatic rings. The maximum absolute atomic E-state index is 13.3. The third-order valence-electron chi connectivity index (χ3n) is 4.89. The van der Waals surface area contributed by atoms with Crippen molar-refractivity contribution in [2.45, 2.75) is 6.92 Å². The highest BCUT2D eigenvalue weighted by Crippen LogP contribution is 2.27. The van der Waals surface area contributed by atoms with Crippen LogP contribution in [0.5, 0.6) is 0 Å². The van der Waals surface area contributed by atoms with Crippen LogP contribution in [0.15, 0.2) is 67.6 Å². The third-order valence-corrected chi connectivity index (χ3v) is 4.89. The number of carbonyl (C=O) groups excluding carboxylic acids is 1. The van der Waals surface area contributed by atoms with Crippen molar-refractivity contribution in [3.05, 3.63) is 90.1 Å². The molecule has 0 bridgehead atoms. The van der Waals surface area contributed by atoms with Crippen LogP contribution in [-0.4, -0.2) is 27.7 Å². The summed E-state index contributed by atoms with van der Waals surface area (Å²) in [6.45, 7) is 6.09. The third kappa shape index (κ3) is 3.53. The van der Waals surface area contributed by atoms with E-state index < -0.39 is 0 Å². The molecule has 4 rings (SSSR count). The Morgan fingerprint density at radius 2 is 1.87 bits per heavy atom. The Kier molecular flexibility index (Phi) is 5.02. The SMILES string of the molecule is C=C(Nc1ccc(C(=O)NC)cc1C)c1cncc2c1cnn2-c1ccc(F)cc1. The molecular weight excluding hydrogens is 381 g/mol. The number of hydrogen-bond donors (Lipinski definition) is 2. The molecule has 0 aliphatic heterocycles. The van der Waals surface area contributed by atoms with E-state index >= 15 is 0 Å². The minimum atomic E-state index is -0.301. The Bertz CT molecular complexity index is 1260. The number of aryl methyl sites for hydroxylation is 1. The molecule has 0 aliphatic carbocycles. The number of rotatable bonds is 5. The lowest BCUT2D eigenvalue weighted by Gasteiger charge is -2.14. The van der Waals surface area contributed by atoms with Gasteiger partial charge in [-0.15, -0.1) is 0 Å². The highest BCUT2D eigenvalue weighted by molar-refractivity contribution is 5.96. The Morgan fingerprint density at radius 3 is 2.57 bits per heavy atom. The molecule has 2 aromatic heterocycles. The van der Waals surface area contributed by atoms with Gasteiger partial charge in [-0.2, -0.15) is 5.10 Å². The van der Waals surface area contributed by atoms with Crippen LogP contribution in [0.3, 0.4) is 0 Å². The van der Waals surface area contributed by atoms with Crippen molar-refractivity contribution in [3.63, 3.8) is 0 Å². The first kappa shape index (κ1) is 19.3. The van der Waals surface area contributed by atoms with Gasteiger partial charge in [-0.3, -0.25) is 9.78 Å². The van der Waals surface area contributed by atoms with E-state index in [-0.39, 0.29) is 11.7 Å². The van der Waals surface area contributed by atoms with Gasteiger partial charge in [-0.25, -0.2) is 9.07 Å². The number of benzene rings is 2. The summed E-state index contributed by atoms with van der Waals surface area (Å²) in [6.07, 6.45) is 5.18. The van der Waals surface area contributed by atoms with Gasteiger partial charge < -0.3 is 10.6 Å². The second-order valence-electron chi connectivity index (χ2n) is 6.87. The number of nitrogens with one attached hydrogen (secondary N) is 2. The minimum absolute atomic E-state index is 0.134. The maximum atomic E-state index is 13.3. The molecule has 0 spiro atoms. The van der Waals surface area contributed by atoms with Crippen LogP contribution in [0.2, 0.25) is 0 Å². The summed E-state index contributed by atoms with van der Waals surface area (Å²) in [4.78, 5) is 16.2. The van der Waals surface area contributed by atoms with Crippen molar-refractivity contribution in [2.24, 2.45) is 0 Å². The zero-order chi connectivity index (χ0) is 21.3. The molecule has 2 heterocycles. The average Bonchev–Trinajstić information content (AvgIpc) is 3.19. The zero-order valence-electron chi connectivity index (χ0n) is 16.6. The second-order valence-corrected chi connectivity index (χ2v) is 6.87. The number of anilines is 1. The van der Waals surface area contributed by atoms with Gasteiger partial charge in [0.25, 0.3) is 5.91 Å². The largest absolute Gasteiger partial charge is 0.355 e. The number of amides is 1. The van der Waals surface area contributed by atoms with Crippen molar-refractivity contribution in [1.82, 2.24) is 20.1 Å². The van der Waals surface area contributed by atoms with Crippen molar-refractivity contribution >= 4 is 28.2 Å². The molecular formula is C23H20FN5O. The lowest BCUT2D eigenvalue weighted by Crippen LogP contribution is -2.17. The molecule has 2 aromatic carbocycles. The smallest absolute Gasteiger partial charge is 0.251 e. The first-order chi connectivity index (χ1) is 14.5. The quantitative estimate of drug-likeness (QED) is 0.523. The summed E-state index contributed by atoms with van der Waals surface area (Å²) in [5.41, 5.74) is 5.34. The van der Waals surface area contributed by atoms with Crippen LogP contribution in [-0.2, 0) is 0 Å². The van der Waals surface area contributed by atoms with Crippen molar-refractivity contribution in [3.8, 4) is 5.69 Å². The van der Waals surface area contributed by atoms with E-state index in [1.807, 2.05) is 19.1 Å². The van der Waals surface area contributed by atoms with Crippen LogP contribution in [0.4, 0.5) is 10.1 Å². The molecule has 0 atom stereocenters. The molecule has 0 aliphatic rings. The number of hydrogen-bond acceptors (Lipinski definition) is 4. The van der Waals surface area contributed by atoms with Crippen LogP contribution in [0, 0.1) is 12.7 Å². The number of aromatic nitrogens is 3. The summed E-state index contributed by atoms with van der Waals surface area (Å²) in [5.74, 6) is -0.435. The fraction of sp³-hybridized carbons (Fsp3) is 0.0870. The second kappa shape index (κ2) is 7.79. The summed E-state index contributed by atoms with van der Waals surface area (Å²) >= 11 is 0. The lowest BCUT2D eigenvalue weighted by atomic mass is 10.1. The van der Waals surface area contributed by atoms with E-state index in [4.69, 9.17) is 0 Å². The Balaban J connectivity index is 1.66. The number of carbonyl (C=O) groups is 1. The fourth-order valence-electron chi connectivity index (χ4n) is 3.29. The van der Waals surface area contributed by atoms with Gasteiger partial charge in [0.15, 0.2) is 0 Å². The molecule has 1 amide bonds. The van der Waals surface area contributed by atoms with Gasteiger partial charge in [0, 0.05) is 41.1 Å². The summed E-state index contributed by atoms with van der Waals surface area (Å²) in [5, 5.41) is 11.2. The molecule has 0 saturated heterocycles. The highest BCUT2D eigenvalue weighted by Gasteiger charge is 2.13. The van der Waals surface area contributed by atoms with Crippen LogP contribution in [0.25, 0.3) is 22.3 Å². The normalized spacial score (nSPS) is 10.8. The van der Waals surface area contributed by atoms with E-state index in [0.717, 1.165) is 33.4 Å². The van der Waals surface area contributed by atoms with Gasteiger partial charge in [0.2, 0.25) is 0 Å². The molecule has 0 unspecified atom stereocenters. The van der Waals surface area contributed by atoms with Gasteiger partial charge in [0.05, 0.1) is 23.6 Å². The molecule has 0 fully saturated rings. The number of nitrogens with zero attached hydrogens (tertiary/aromatic N) is 3. The fourth-order valence-corrected chi connectivity index (χ4v) is 3.29.